The van der Waals surface area contributed by atoms with E-state index < -0.39 is 11.9 Å². The van der Waals surface area contributed by atoms with Gasteiger partial charge in [0.2, 0.25) is 0 Å². The highest BCUT2D eigenvalue weighted by atomic mass is 16.5. The largest absolute Gasteiger partial charge is 0.452 e. The third kappa shape index (κ3) is 5.94. The minimum Gasteiger partial charge on any atom is -0.452 e. The minimum absolute atomic E-state index is 0.106. The first-order valence-electron chi connectivity index (χ1n) is 13.2. The first-order valence-corrected chi connectivity index (χ1v) is 13.2. The molecule has 4 unspecified atom stereocenters. The molecule has 2 saturated heterocycles. The molecule has 0 N–H and O–H groups in total. The number of rotatable bonds is 6. The quantitative estimate of drug-likeness (QED) is 0.408. The zero-order chi connectivity index (χ0) is 26.5. The first kappa shape index (κ1) is 26.7. The van der Waals surface area contributed by atoms with Crippen molar-refractivity contribution >= 4 is 23.8 Å². The van der Waals surface area contributed by atoms with Crippen LogP contribution in [0.3, 0.4) is 0 Å². The summed E-state index contributed by atoms with van der Waals surface area (Å²) in [4.78, 5) is 53.3. The van der Waals surface area contributed by atoms with Gasteiger partial charge in [0.25, 0.3) is 11.8 Å². The fourth-order valence-electron chi connectivity index (χ4n) is 8.17. The predicted octanol–water partition coefficient (Wildman–Crippen LogP) is 3.48. The van der Waals surface area contributed by atoms with Crippen LogP contribution in [0.15, 0.2) is 12.2 Å². The second-order valence-corrected chi connectivity index (χ2v) is 14.0. The van der Waals surface area contributed by atoms with E-state index in [1.54, 1.807) is 0 Å². The van der Waals surface area contributed by atoms with E-state index in [2.05, 4.69) is 41.5 Å². The van der Waals surface area contributed by atoms with Crippen molar-refractivity contribution in [3.8, 4) is 0 Å². The van der Waals surface area contributed by atoms with Gasteiger partial charge in [-0.3, -0.25) is 9.59 Å². The lowest BCUT2D eigenvalue weighted by molar-refractivity contribution is -0.150. The Balaban J connectivity index is 1.19. The van der Waals surface area contributed by atoms with Crippen molar-refractivity contribution in [2.75, 3.05) is 26.3 Å². The van der Waals surface area contributed by atoms with Crippen molar-refractivity contribution in [3.05, 3.63) is 12.2 Å². The maximum Gasteiger partial charge on any atom is 0.331 e. The van der Waals surface area contributed by atoms with Crippen LogP contribution in [0, 0.1) is 21.7 Å². The van der Waals surface area contributed by atoms with E-state index in [1.165, 1.54) is 0 Å². The molecule has 0 radical (unpaired) electrons. The van der Waals surface area contributed by atoms with Gasteiger partial charge in [-0.2, -0.15) is 0 Å². The molecule has 4 fully saturated rings. The standard InChI is InChI=1S/C28H42N2O6/c1-25(2)9-19-11-27(5,15-25)17-29(19)21(31)13-35-23(33)7-8-24(34)36-14-22(32)30-18-28(6)12-20(30)10-26(3,4)16-28/h7-8,19-20H,9-18H2,1-6H3/b8-7+. The third-order valence-electron chi connectivity index (χ3n) is 8.50. The van der Waals surface area contributed by atoms with Crippen molar-refractivity contribution in [2.24, 2.45) is 21.7 Å². The molecule has 2 heterocycles. The van der Waals surface area contributed by atoms with Crippen molar-refractivity contribution in [1.29, 1.82) is 0 Å². The molecular formula is C28H42N2O6. The van der Waals surface area contributed by atoms with Crippen molar-refractivity contribution in [3.63, 3.8) is 0 Å². The number of hydrogen-bond acceptors (Lipinski definition) is 6. The monoisotopic (exact) mass is 502 g/mol. The van der Waals surface area contributed by atoms with Crippen LogP contribution in [0.4, 0.5) is 0 Å². The average molecular weight is 503 g/mol. The van der Waals surface area contributed by atoms with Gasteiger partial charge in [0.05, 0.1) is 0 Å². The molecule has 0 spiro atoms. The van der Waals surface area contributed by atoms with Gasteiger partial charge in [-0.05, 0) is 60.2 Å². The van der Waals surface area contributed by atoms with E-state index in [9.17, 15) is 19.2 Å². The summed E-state index contributed by atoms with van der Waals surface area (Å²) in [5.74, 6) is -1.99. The highest BCUT2D eigenvalue weighted by Gasteiger charge is 2.52. The van der Waals surface area contributed by atoms with Crippen LogP contribution in [0.2, 0.25) is 0 Å². The number of fused-ring (bicyclic) bond motifs is 4. The van der Waals surface area contributed by atoms with Gasteiger partial charge in [0.1, 0.15) is 0 Å². The van der Waals surface area contributed by atoms with Gasteiger partial charge in [0.15, 0.2) is 13.2 Å². The Morgan fingerprint density at radius 3 is 1.39 bits per heavy atom. The Bertz CT molecular complexity index is 895. The molecule has 0 aromatic rings. The third-order valence-corrected chi connectivity index (χ3v) is 8.50. The molecule has 4 aliphatic rings. The summed E-state index contributed by atoms with van der Waals surface area (Å²) >= 11 is 0. The highest BCUT2D eigenvalue weighted by Crippen LogP contribution is 2.53. The lowest BCUT2D eigenvalue weighted by Gasteiger charge is -2.39. The molecule has 200 valence electrons. The Morgan fingerprint density at radius 2 is 1.03 bits per heavy atom. The van der Waals surface area contributed by atoms with Crippen molar-refractivity contribution < 1.29 is 28.7 Å². The van der Waals surface area contributed by atoms with Crippen molar-refractivity contribution in [2.45, 2.75) is 92.2 Å². The lowest BCUT2D eigenvalue weighted by Crippen LogP contribution is -2.39. The van der Waals surface area contributed by atoms with E-state index in [4.69, 9.17) is 9.47 Å². The molecule has 2 aliphatic heterocycles. The van der Waals surface area contributed by atoms with Gasteiger partial charge in [-0.15, -0.1) is 0 Å². The summed E-state index contributed by atoms with van der Waals surface area (Å²) in [6.45, 7) is 14.0. The van der Waals surface area contributed by atoms with Crippen molar-refractivity contribution in [1.82, 2.24) is 9.80 Å². The Kier molecular flexibility index (Phi) is 6.80. The number of ether oxygens (including phenoxy) is 2. The molecule has 36 heavy (non-hydrogen) atoms. The van der Waals surface area contributed by atoms with E-state index in [-0.39, 0.29) is 58.8 Å². The highest BCUT2D eigenvalue weighted by molar-refractivity contribution is 5.93. The van der Waals surface area contributed by atoms with E-state index >= 15 is 0 Å². The number of esters is 2. The zero-order valence-electron chi connectivity index (χ0n) is 22.7. The van der Waals surface area contributed by atoms with Crippen LogP contribution in [0.5, 0.6) is 0 Å². The van der Waals surface area contributed by atoms with Gasteiger partial charge in [-0.1, -0.05) is 41.5 Å². The van der Waals surface area contributed by atoms with Gasteiger partial charge >= 0.3 is 11.9 Å². The number of amides is 2. The second kappa shape index (κ2) is 9.18. The number of hydrogen-bond donors (Lipinski definition) is 0. The van der Waals surface area contributed by atoms with E-state index in [1.807, 2.05) is 9.80 Å². The van der Waals surface area contributed by atoms with Crippen LogP contribution >= 0.6 is 0 Å². The normalized spacial score (nSPS) is 34.1. The second-order valence-electron chi connectivity index (χ2n) is 14.0. The number of nitrogens with zero attached hydrogens (tertiary/aromatic N) is 2. The Morgan fingerprint density at radius 1 is 0.667 bits per heavy atom. The van der Waals surface area contributed by atoms with Crippen LogP contribution in [0.25, 0.3) is 0 Å². The molecule has 4 bridgehead atoms. The van der Waals surface area contributed by atoms with E-state index in [0.717, 1.165) is 50.7 Å². The molecule has 4 atom stereocenters. The number of likely N-dealkylation sites (tertiary alicyclic amines) is 2. The molecule has 2 saturated carbocycles. The molecule has 8 nitrogen and oxygen atoms in total. The molecular weight excluding hydrogens is 460 g/mol. The summed E-state index contributed by atoms with van der Waals surface area (Å²) < 4.78 is 10.2. The summed E-state index contributed by atoms with van der Waals surface area (Å²) in [7, 11) is 0. The predicted molar refractivity (Wildman–Crippen MR) is 134 cm³/mol. The average Bonchev–Trinajstić information content (AvgIpc) is 3.14. The smallest absolute Gasteiger partial charge is 0.331 e. The molecule has 2 amide bonds. The Hall–Kier alpha value is -2.38. The fraction of sp³-hybridized carbons (Fsp3) is 0.786. The molecule has 8 heteroatoms. The number of carbonyl (C=O) groups is 4. The molecule has 0 aromatic heterocycles. The van der Waals surface area contributed by atoms with Gasteiger partial charge in [-0.25, -0.2) is 9.59 Å². The van der Waals surface area contributed by atoms with Crippen LogP contribution in [0.1, 0.15) is 80.1 Å². The zero-order valence-corrected chi connectivity index (χ0v) is 22.7. The molecule has 2 aliphatic carbocycles. The SMILES string of the molecule is CC1(C)CC2CC(C)(CN2C(=O)COC(=O)/C=C/C(=O)OCC(=O)N2CC3(C)CC2CC(C)(C)C3)C1. The molecule has 0 aromatic carbocycles. The number of carbonyl (C=O) groups excluding carboxylic acids is 4. The summed E-state index contributed by atoms with van der Waals surface area (Å²) in [5.41, 5.74) is 0.593. The maximum absolute atomic E-state index is 12.7. The molecule has 4 rings (SSSR count). The van der Waals surface area contributed by atoms with Gasteiger partial charge in [0, 0.05) is 37.3 Å². The topological polar surface area (TPSA) is 93.2 Å². The van der Waals surface area contributed by atoms with Crippen LogP contribution in [-0.2, 0) is 28.7 Å². The van der Waals surface area contributed by atoms with Gasteiger partial charge < -0.3 is 19.3 Å². The Labute approximate surface area is 214 Å². The summed E-state index contributed by atoms with van der Waals surface area (Å²) in [6, 6.07) is 0.355. The first-order chi connectivity index (χ1) is 16.6. The van der Waals surface area contributed by atoms with Crippen LogP contribution < -0.4 is 0 Å². The van der Waals surface area contributed by atoms with Crippen LogP contribution in [-0.4, -0.2) is 71.9 Å². The summed E-state index contributed by atoms with van der Waals surface area (Å²) in [5, 5.41) is 0. The lowest BCUT2D eigenvalue weighted by atomic mass is 9.65. The fourth-order valence-corrected chi connectivity index (χ4v) is 8.17. The summed E-state index contributed by atoms with van der Waals surface area (Å²) in [6.07, 6.45) is 7.89. The minimum atomic E-state index is -0.788. The van der Waals surface area contributed by atoms with E-state index in [0.29, 0.717) is 13.1 Å². The maximum atomic E-state index is 12.7.